The molecule has 0 aliphatic rings. The Morgan fingerprint density at radius 2 is 2.10 bits per heavy atom. The van der Waals surface area contributed by atoms with Gasteiger partial charge < -0.3 is 27.1 Å². The Labute approximate surface area is 124 Å². The third kappa shape index (κ3) is 3.31. The van der Waals surface area contributed by atoms with Crippen LogP contribution in [0.4, 0.5) is 10.7 Å². The van der Waals surface area contributed by atoms with Crippen LogP contribution in [0.25, 0.3) is 0 Å². The topological polar surface area (TPSA) is 142 Å². The minimum atomic E-state index is -0.687. The molecule has 0 saturated carbocycles. The van der Waals surface area contributed by atoms with Gasteiger partial charge in [0.15, 0.2) is 0 Å². The van der Waals surface area contributed by atoms with Crippen LogP contribution in [0.2, 0.25) is 0 Å². The minimum absolute atomic E-state index is 0.0390. The smallest absolute Gasteiger partial charge is 0.260 e. The first-order chi connectivity index (χ1) is 10.0. The molecule has 2 amide bonds. The zero-order valence-electron chi connectivity index (χ0n) is 11.2. The fraction of sp³-hybridized carbons (Fsp3) is 0.250. The molecule has 21 heavy (non-hydrogen) atoms. The van der Waals surface area contributed by atoms with Crippen molar-refractivity contribution < 1.29 is 9.59 Å². The zero-order valence-corrected chi connectivity index (χ0v) is 12.0. The molecule has 2 aromatic rings. The van der Waals surface area contributed by atoms with Gasteiger partial charge in [0.2, 0.25) is 0 Å². The number of amides is 2. The van der Waals surface area contributed by atoms with Crippen molar-refractivity contribution in [2.24, 2.45) is 11.5 Å². The van der Waals surface area contributed by atoms with Crippen molar-refractivity contribution in [3.63, 3.8) is 0 Å². The molecule has 2 rings (SSSR count). The molecule has 0 unspecified atom stereocenters. The minimum Gasteiger partial charge on any atom is -0.397 e. The van der Waals surface area contributed by atoms with Gasteiger partial charge in [-0.1, -0.05) is 0 Å². The Morgan fingerprint density at radius 1 is 1.33 bits per heavy atom. The quantitative estimate of drug-likeness (QED) is 0.541. The van der Waals surface area contributed by atoms with E-state index in [4.69, 9.17) is 17.2 Å². The number of anilines is 2. The van der Waals surface area contributed by atoms with E-state index in [9.17, 15) is 9.59 Å². The number of rotatable bonds is 7. The molecule has 0 aromatic carbocycles. The lowest BCUT2D eigenvalue weighted by atomic mass is 10.2. The summed E-state index contributed by atoms with van der Waals surface area (Å²) in [6.45, 7) is 1.37. The molecular formula is C12H16N6O2S. The van der Waals surface area contributed by atoms with Crippen molar-refractivity contribution >= 4 is 33.8 Å². The van der Waals surface area contributed by atoms with Crippen LogP contribution in [0.5, 0.6) is 0 Å². The molecule has 0 aliphatic carbocycles. The lowest BCUT2D eigenvalue weighted by Gasteiger charge is -2.06. The summed E-state index contributed by atoms with van der Waals surface area (Å²) in [5, 5.41) is 3.54. The third-order valence-corrected chi connectivity index (χ3v) is 4.03. The molecule has 0 saturated heterocycles. The van der Waals surface area contributed by atoms with Gasteiger partial charge in [0.1, 0.15) is 9.88 Å². The first kappa shape index (κ1) is 14.9. The molecule has 0 radical (unpaired) electrons. The number of nitrogens with one attached hydrogen (secondary N) is 1. The lowest BCUT2D eigenvalue weighted by molar-refractivity contribution is 0.0999. The standard InChI is InChI=1S/C12H16N6O2S/c13-8-7(10(14)19)12(21-9(8)11(15)20)17-2-1-4-18-5-3-16-6-18/h3,5-6,17H,1-2,4,13H2,(H2,14,19)(H2,15,20). The van der Waals surface area contributed by atoms with Crippen LogP contribution in [0.3, 0.4) is 0 Å². The summed E-state index contributed by atoms with van der Waals surface area (Å²) in [4.78, 5) is 26.8. The number of thiophene rings is 1. The largest absolute Gasteiger partial charge is 0.397 e. The highest BCUT2D eigenvalue weighted by Crippen LogP contribution is 2.35. The van der Waals surface area contributed by atoms with Gasteiger partial charge in [0.25, 0.3) is 11.8 Å². The molecular weight excluding hydrogens is 292 g/mol. The summed E-state index contributed by atoms with van der Waals surface area (Å²) in [5.74, 6) is -1.36. The molecule has 0 bridgehead atoms. The highest BCUT2D eigenvalue weighted by Gasteiger charge is 2.22. The molecule has 0 spiro atoms. The maximum absolute atomic E-state index is 11.4. The predicted octanol–water partition coefficient (Wildman–Crippen LogP) is 0.227. The van der Waals surface area contributed by atoms with Crippen LogP contribution < -0.4 is 22.5 Å². The molecule has 0 atom stereocenters. The van der Waals surface area contributed by atoms with E-state index in [-0.39, 0.29) is 16.1 Å². The number of nitrogens with zero attached hydrogens (tertiary/aromatic N) is 2. The number of carbonyl (C=O) groups excluding carboxylic acids is 2. The van der Waals surface area contributed by atoms with Crippen molar-refractivity contribution in [3.05, 3.63) is 29.2 Å². The average Bonchev–Trinajstić information content (AvgIpc) is 3.02. The van der Waals surface area contributed by atoms with Crippen LogP contribution in [-0.4, -0.2) is 27.9 Å². The number of aromatic nitrogens is 2. The number of nitrogens with two attached hydrogens (primary N) is 3. The molecule has 0 fully saturated rings. The van der Waals surface area contributed by atoms with Crippen molar-refractivity contribution in [1.82, 2.24) is 9.55 Å². The SMILES string of the molecule is NC(=O)c1sc(NCCCn2ccnc2)c(C(N)=O)c1N. The van der Waals surface area contributed by atoms with Crippen LogP contribution in [0.1, 0.15) is 26.5 Å². The van der Waals surface area contributed by atoms with E-state index < -0.39 is 11.8 Å². The number of carbonyl (C=O) groups is 2. The number of hydrogen-bond acceptors (Lipinski definition) is 6. The van der Waals surface area contributed by atoms with Crippen LogP contribution >= 0.6 is 11.3 Å². The van der Waals surface area contributed by atoms with Crippen molar-refractivity contribution in [3.8, 4) is 0 Å². The maximum atomic E-state index is 11.4. The number of hydrogen-bond donors (Lipinski definition) is 4. The second-order valence-electron chi connectivity index (χ2n) is 4.36. The average molecular weight is 308 g/mol. The molecule has 8 nitrogen and oxygen atoms in total. The Hall–Kier alpha value is -2.55. The summed E-state index contributed by atoms with van der Waals surface area (Å²) >= 11 is 1.04. The van der Waals surface area contributed by atoms with E-state index in [2.05, 4.69) is 10.3 Å². The van der Waals surface area contributed by atoms with Gasteiger partial charge in [0, 0.05) is 25.5 Å². The summed E-state index contributed by atoms with van der Waals surface area (Å²) in [7, 11) is 0. The van der Waals surface area contributed by atoms with E-state index in [1.165, 1.54) is 0 Å². The third-order valence-electron chi connectivity index (χ3n) is 2.85. The number of imidazole rings is 1. The Bertz CT molecular complexity index is 649. The van der Waals surface area contributed by atoms with Gasteiger partial charge in [-0.05, 0) is 6.42 Å². The van der Waals surface area contributed by atoms with Gasteiger partial charge in [-0.25, -0.2) is 4.98 Å². The fourth-order valence-corrected chi connectivity index (χ4v) is 2.88. The Kier molecular flexibility index (Phi) is 4.43. The van der Waals surface area contributed by atoms with Crippen molar-refractivity contribution in [2.75, 3.05) is 17.6 Å². The molecule has 2 heterocycles. The van der Waals surface area contributed by atoms with Gasteiger partial charge in [-0.2, -0.15) is 0 Å². The second-order valence-corrected chi connectivity index (χ2v) is 5.38. The monoisotopic (exact) mass is 308 g/mol. The Balaban J connectivity index is 2.03. The maximum Gasteiger partial charge on any atom is 0.260 e. The van der Waals surface area contributed by atoms with Crippen LogP contribution in [-0.2, 0) is 6.54 Å². The fourth-order valence-electron chi connectivity index (χ4n) is 1.88. The van der Waals surface area contributed by atoms with E-state index in [1.807, 2.05) is 10.8 Å². The predicted molar refractivity (Wildman–Crippen MR) is 81.1 cm³/mol. The summed E-state index contributed by atoms with van der Waals surface area (Å²) in [6, 6.07) is 0. The van der Waals surface area contributed by atoms with Crippen molar-refractivity contribution in [1.29, 1.82) is 0 Å². The van der Waals surface area contributed by atoms with Crippen molar-refractivity contribution in [2.45, 2.75) is 13.0 Å². The van der Waals surface area contributed by atoms with E-state index in [1.54, 1.807) is 12.5 Å². The van der Waals surface area contributed by atoms with E-state index in [0.717, 1.165) is 24.3 Å². The molecule has 0 aliphatic heterocycles. The first-order valence-corrected chi connectivity index (χ1v) is 7.03. The summed E-state index contributed by atoms with van der Waals surface area (Å²) in [5.41, 5.74) is 16.4. The number of aryl methyl sites for hydroxylation is 1. The molecule has 112 valence electrons. The van der Waals surface area contributed by atoms with Crippen LogP contribution in [0, 0.1) is 0 Å². The molecule has 9 heteroatoms. The second kappa shape index (κ2) is 6.27. The van der Waals surface area contributed by atoms with Gasteiger partial charge in [-0.3, -0.25) is 9.59 Å². The normalized spacial score (nSPS) is 10.5. The van der Waals surface area contributed by atoms with Gasteiger partial charge >= 0.3 is 0 Å². The number of nitrogen functional groups attached to an aromatic ring is 1. The lowest BCUT2D eigenvalue weighted by Crippen LogP contribution is -2.16. The molecule has 7 N–H and O–H groups in total. The highest BCUT2D eigenvalue weighted by atomic mass is 32.1. The Morgan fingerprint density at radius 3 is 2.67 bits per heavy atom. The highest BCUT2D eigenvalue weighted by molar-refractivity contribution is 7.19. The summed E-state index contributed by atoms with van der Waals surface area (Å²) < 4.78 is 1.94. The van der Waals surface area contributed by atoms with E-state index >= 15 is 0 Å². The first-order valence-electron chi connectivity index (χ1n) is 6.22. The molecule has 2 aromatic heterocycles. The summed E-state index contributed by atoms with van der Waals surface area (Å²) in [6.07, 6.45) is 6.10. The number of primary amides is 2. The van der Waals surface area contributed by atoms with Gasteiger partial charge in [-0.15, -0.1) is 11.3 Å². The van der Waals surface area contributed by atoms with Gasteiger partial charge in [0.05, 0.1) is 17.6 Å². The zero-order chi connectivity index (χ0) is 15.4. The van der Waals surface area contributed by atoms with E-state index in [0.29, 0.717) is 11.5 Å². The van der Waals surface area contributed by atoms with Crippen LogP contribution in [0.15, 0.2) is 18.7 Å².